The van der Waals surface area contributed by atoms with E-state index in [1.54, 1.807) is 0 Å². The fourth-order valence-corrected chi connectivity index (χ4v) is 2.78. The van der Waals surface area contributed by atoms with Crippen molar-refractivity contribution in [1.29, 1.82) is 0 Å². The van der Waals surface area contributed by atoms with Crippen LogP contribution in [-0.2, 0) is 0 Å². The topological polar surface area (TPSA) is 84.3 Å². The summed E-state index contributed by atoms with van der Waals surface area (Å²) in [6, 6.07) is 4.41. The van der Waals surface area contributed by atoms with Gasteiger partial charge in [-0.25, -0.2) is 0 Å². The maximum atomic E-state index is 12.1. The van der Waals surface area contributed by atoms with Gasteiger partial charge in [-0.1, -0.05) is 0 Å². The lowest BCUT2D eigenvalue weighted by Crippen LogP contribution is -2.45. The highest BCUT2D eigenvalue weighted by molar-refractivity contribution is 14.1. The molecule has 0 spiro atoms. The second-order valence-electron chi connectivity index (χ2n) is 4.44. The van der Waals surface area contributed by atoms with Gasteiger partial charge in [0.2, 0.25) is 0 Å². The van der Waals surface area contributed by atoms with E-state index in [4.69, 9.17) is 0 Å². The number of rotatable bonds is 3. The fraction of sp³-hybridized carbons (Fsp3) is 0.417. The van der Waals surface area contributed by atoms with Crippen molar-refractivity contribution in [2.45, 2.75) is 18.9 Å². The van der Waals surface area contributed by atoms with Crippen molar-refractivity contribution >= 4 is 34.2 Å². The van der Waals surface area contributed by atoms with Crippen LogP contribution in [0.2, 0.25) is 0 Å². The molecule has 0 aliphatic carbocycles. The van der Waals surface area contributed by atoms with Crippen LogP contribution in [-0.4, -0.2) is 30.0 Å². The number of carbonyl (C=O) groups is 1. The number of nitro benzene ring substituents is 1. The van der Waals surface area contributed by atoms with Crippen LogP contribution >= 0.6 is 22.6 Å². The third-order valence-corrected chi connectivity index (χ3v) is 3.93. The van der Waals surface area contributed by atoms with Gasteiger partial charge in [0, 0.05) is 28.3 Å². The van der Waals surface area contributed by atoms with Crippen molar-refractivity contribution in [2.75, 3.05) is 13.1 Å². The monoisotopic (exact) mass is 375 g/mol. The molecule has 1 fully saturated rings. The average Bonchev–Trinajstić information content (AvgIpc) is 2.39. The Balaban J connectivity index is 2.08. The van der Waals surface area contributed by atoms with E-state index in [9.17, 15) is 14.9 Å². The molecule has 0 saturated carbocycles. The first kappa shape index (κ1) is 14.2. The SMILES string of the molecule is O=C(N[C@H]1CCCNC1)c1ccc([N+](=O)[O-])cc1I. The molecule has 1 aliphatic heterocycles. The predicted octanol–water partition coefficient (Wildman–Crippen LogP) is 1.68. The Bertz CT molecular complexity index is 501. The zero-order valence-electron chi connectivity index (χ0n) is 10.2. The van der Waals surface area contributed by atoms with Gasteiger partial charge in [0.05, 0.1) is 10.5 Å². The molecular weight excluding hydrogens is 361 g/mol. The van der Waals surface area contributed by atoms with Crippen molar-refractivity contribution in [1.82, 2.24) is 10.6 Å². The third-order valence-electron chi connectivity index (χ3n) is 3.04. The van der Waals surface area contributed by atoms with E-state index in [1.165, 1.54) is 18.2 Å². The number of halogens is 1. The van der Waals surface area contributed by atoms with Gasteiger partial charge >= 0.3 is 0 Å². The Morgan fingerprint density at radius 2 is 2.32 bits per heavy atom. The Morgan fingerprint density at radius 3 is 2.89 bits per heavy atom. The molecule has 1 saturated heterocycles. The lowest BCUT2D eigenvalue weighted by atomic mass is 10.1. The largest absolute Gasteiger partial charge is 0.348 e. The second kappa shape index (κ2) is 6.29. The van der Waals surface area contributed by atoms with E-state index in [0.29, 0.717) is 9.13 Å². The molecule has 1 amide bonds. The van der Waals surface area contributed by atoms with Crippen LogP contribution in [0.4, 0.5) is 5.69 Å². The number of piperidine rings is 1. The number of hydrogen-bond acceptors (Lipinski definition) is 4. The van der Waals surface area contributed by atoms with E-state index >= 15 is 0 Å². The first-order chi connectivity index (χ1) is 9.08. The van der Waals surface area contributed by atoms with Gasteiger partial charge in [0.15, 0.2) is 0 Å². The van der Waals surface area contributed by atoms with Gasteiger partial charge in [-0.05, 0) is 48.0 Å². The quantitative estimate of drug-likeness (QED) is 0.478. The van der Waals surface area contributed by atoms with Gasteiger partial charge < -0.3 is 10.6 Å². The fourth-order valence-electron chi connectivity index (χ4n) is 2.04. The Hall–Kier alpha value is -1.22. The standard InChI is InChI=1S/C12H14IN3O3/c13-11-6-9(16(18)19)3-4-10(11)12(17)15-8-2-1-5-14-7-8/h3-4,6,8,14H,1-2,5,7H2,(H,15,17)/t8-/m0/s1. The molecule has 102 valence electrons. The highest BCUT2D eigenvalue weighted by Crippen LogP contribution is 2.20. The van der Waals surface area contributed by atoms with Gasteiger partial charge in [-0.15, -0.1) is 0 Å². The van der Waals surface area contributed by atoms with Crippen LogP contribution in [0.15, 0.2) is 18.2 Å². The Labute approximate surface area is 124 Å². The molecule has 2 N–H and O–H groups in total. The maximum Gasteiger partial charge on any atom is 0.270 e. The number of non-ortho nitro benzene ring substituents is 1. The highest BCUT2D eigenvalue weighted by Gasteiger charge is 2.19. The number of carbonyl (C=O) groups excluding carboxylic acids is 1. The molecule has 1 aromatic carbocycles. The smallest absolute Gasteiger partial charge is 0.270 e. The molecule has 1 atom stereocenters. The van der Waals surface area contributed by atoms with Crippen molar-refractivity contribution < 1.29 is 9.72 Å². The minimum absolute atomic E-state index is 0.000262. The van der Waals surface area contributed by atoms with E-state index in [-0.39, 0.29) is 17.6 Å². The second-order valence-corrected chi connectivity index (χ2v) is 5.60. The number of nitro groups is 1. The predicted molar refractivity (Wildman–Crippen MR) is 79.2 cm³/mol. The van der Waals surface area contributed by atoms with Crippen LogP contribution in [0.25, 0.3) is 0 Å². The summed E-state index contributed by atoms with van der Waals surface area (Å²) in [7, 11) is 0. The molecule has 0 unspecified atom stereocenters. The summed E-state index contributed by atoms with van der Waals surface area (Å²) < 4.78 is 0.591. The number of hydrogen-bond donors (Lipinski definition) is 2. The average molecular weight is 375 g/mol. The van der Waals surface area contributed by atoms with Crippen molar-refractivity contribution in [3.05, 3.63) is 37.4 Å². The summed E-state index contributed by atoms with van der Waals surface area (Å²) in [5.74, 6) is -0.173. The lowest BCUT2D eigenvalue weighted by molar-refractivity contribution is -0.384. The van der Waals surface area contributed by atoms with Gasteiger partial charge in [0.1, 0.15) is 0 Å². The third kappa shape index (κ3) is 3.63. The number of nitrogens with zero attached hydrogens (tertiary/aromatic N) is 1. The molecule has 19 heavy (non-hydrogen) atoms. The lowest BCUT2D eigenvalue weighted by Gasteiger charge is -2.23. The molecule has 7 heteroatoms. The minimum Gasteiger partial charge on any atom is -0.348 e. The van der Waals surface area contributed by atoms with E-state index in [1.807, 2.05) is 22.6 Å². The molecule has 2 rings (SSSR count). The van der Waals surface area contributed by atoms with Crippen molar-refractivity contribution in [2.24, 2.45) is 0 Å². The molecule has 1 heterocycles. The first-order valence-electron chi connectivity index (χ1n) is 6.03. The van der Waals surface area contributed by atoms with Crippen LogP contribution in [0.3, 0.4) is 0 Å². The van der Waals surface area contributed by atoms with Gasteiger partial charge in [-0.3, -0.25) is 14.9 Å². The van der Waals surface area contributed by atoms with Crippen molar-refractivity contribution in [3.8, 4) is 0 Å². The van der Waals surface area contributed by atoms with E-state index in [2.05, 4.69) is 10.6 Å². The number of amides is 1. The van der Waals surface area contributed by atoms with Gasteiger partial charge in [0.25, 0.3) is 11.6 Å². The number of nitrogens with one attached hydrogen (secondary N) is 2. The van der Waals surface area contributed by atoms with Crippen molar-refractivity contribution in [3.63, 3.8) is 0 Å². The van der Waals surface area contributed by atoms with Crippen LogP contribution in [0.5, 0.6) is 0 Å². The Kier molecular flexibility index (Phi) is 4.70. The molecule has 0 aromatic heterocycles. The summed E-state index contributed by atoms with van der Waals surface area (Å²) in [4.78, 5) is 22.3. The summed E-state index contributed by atoms with van der Waals surface area (Å²) in [5.41, 5.74) is 0.483. The summed E-state index contributed by atoms with van der Waals surface area (Å²) >= 11 is 1.95. The first-order valence-corrected chi connectivity index (χ1v) is 7.11. The van der Waals surface area contributed by atoms with Crippen LogP contribution in [0, 0.1) is 13.7 Å². The highest BCUT2D eigenvalue weighted by atomic mass is 127. The van der Waals surface area contributed by atoms with Crippen LogP contribution < -0.4 is 10.6 Å². The number of benzene rings is 1. The molecule has 6 nitrogen and oxygen atoms in total. The summed E-state index contributed by atoms with van der Waals surface area (Å²) in [6.07, 6.45) is 2.00. The molecule has 0 radical (unpaired) electrons. The summed E-state index contributed by atoms with van der Waals surface area (Å²) in [6.45, 7) is 1.76. The summed E-state index contributed by atoms with van der Waals surface area (Å²) in [5, 5.41) is 16.8. The zero-order valence-corrected chi connectivity index (χ0v) is 12.3. The van der Waals surface area contributed by atoms with Gasteiger partial charge in [-0.2, -0.15) is 0 Å². The minimum atomic E-state index is -0.463. The normalized spacial score (nSPS) is 18.9. The van der Waals surface area contributed by atoms with E-state index in [0.717, 1.165) is 25.9 Å². The molecule has 1 aromatic rings. The zero-order chi connectivity index (χ0) is 13.8. The maximum absolute atomic E-state index is 12.1. The Morgan fingerprint density at radius 1 is 1.53 bits per heavy atom. The molecular formula is C12H14IN3O3. The van der Waals surface area contributed by atoms with E-state index < -0.39 is 4.92 Å². The molecule has 0 bridgehead atoms. The van der Waals surface area contributed by atoms with Crippen LogP contribution in [0.1, 0.15) is 23.2 Å². The molecule has 1 aliphatic rings.